The lowest BCUT2D eigenvalue weighted by Gasteiger charge is -2.11. The molecule has 1 aromatic rings. The van der Waals surface area contributed by atoms with Crippen LogP contribution in [0.5, 0.6) is 5.75 Å². The zero-order valence-electron chi connectivity index (χ0n) is 11.8. The van der Waals surface area contributed by atoms with Gasteiger partial charge in [0, 0.05) is 30.6 Å². The van der Waals surface area contributed by atoms with Gasteiger partial charge in [0.25, 0.3) is 0 Å². The van der Waals surface area contributed by atoms with Crippen molar-refractivity contribution in [2.45, 2.75) is 38.6 Å². The molecule has 1 unspecified atom stereocenters. The van der Waals surface area contributed by atoms with Gasteiger partial charge < -0.3 is 15.8 Å². The molecule has 5 heteroatoms. The van der Waals surface area contributed by atoms with E-state index < -0.39 is 0 Å². The molecule has 108 valence electrons. The number of hydrogen-bond donors (Lipinski definition) is 2. The topological polar surface area (TPSA) is 88.1 Å². The van der Waals surface area contributed by atoms with Crippen LogP contribution in [0.1, 0.15) is 32.6 Å². The molecule has 0 aromatic heterocycles. The summed E-state index contributed by atoms with van der Waals surface area (Å²) in [5, 5.41) is 11.2. The van der Waals surface area contributed by atoms with Gasteiger partial charge >= 0.3 is 0 Å². The third-order valence-corrected chi connectivity index (χ3v) is 2.79. The predicted octanol–water partition coefficient (Wildman–Crippen LogP) is 2.44. The van der Waals surface area contributed by atoms with Gasteiger partial charge in [-0.1, -0.05) is 13.0 Å². The molecule has 0 radical (unpaired) electrons. The minimum atomic E-state index is -0.111. The molecule has 0 fully saturated rings. The number of rotatable bonds is 8. The number of nitriles is 1. The molecular weight excluding hydrogens is 254 g/mol. The van der Waals surface area contributed by atoms with Gasteiger partial charge in [0.15, 0.2) is 0 Å². The van der Waals surface area contributed by atoms with Crippen LogP contribution in [-0.4, -0.2) is 18.6 Å². The Kier molecular flexibility index (Phi) is 7.15. The molecule has 0 saturated heterocycles. The Hall–Kier alpha value is -2.06. The predicted molar refractivity (Wildman–Crippen MR) is 78.3 cm³/mol. The SMILES string of the molecule is CCC(N)CC(=O)Nc1cccc(OCCCC#N)c1. The average Bonchev–Trinajstić information content (AvgIpc) is 2.43. The second-order valence-corrected chi connectivity index (χ2v) is 4.56. The smallest absolute Gasteiger partial charge is 0.225 e. The van der Waals surface area contributed by atoms with Gasteiger partial charge in [-0.2, -0.15) is 5.26 Å². The largest absolute Gasteiger partial charge is 0.493 e. The van der Waals surface area contributed by atoms with Crippen LogP contribution in [-0.2, 0) is 4.79 Å². The van der Waals surface area contributed by atoms with Crippen molar-refractivity contribution in [3.05, 3.63) is 24.3 Å². The van der Waals surface area contributed by atoms with E-state index >= 15 is 0 Å². The first-order chi connectivity index (χ1) is 9.65. The molecule has 20 heavy (non-hydrogen) atoms. The first kappa shape index (κ1) is 16.0. The molecule has 1 aromatic carbocycles. The number of nitrogens with zero attached hydrogens (tertiary/aromatic N) is 1. The zero-order valence-corrected chi connectivity index (χ0v) is 11.8. The van der Waals surface area contributed by atoms with E-state index in [0.29, 0.717) is 37.3 Å². The van der Waals surface area contributed by atoms with Crippen LogP contribution in [0.25, 0.3) is 0 Å². The van der Waals surface area contributed by atoms with Crippen LogP contribution in [0.15, 0.2) is 24.3 Å². The molecule has 0 saturated carbocycles. The maximum Gasteiger partial charge on any atom is 0.225 e. The van der Waals surface area contributed by atoms with Crippen LogP contribution in [0.2, 0.25) is 0 Å². The Balaban J connectivity index is 2.47. The summed E-state index contributed by atoms with van der Waals surface area (Å²) >= 11 is 0. The third-order valence-electron chi connectivity index (χ3n) is 2.79. The Morgan fingerprint density at radius 2 is 2.35 bits per heavy atom. The first-order valence-electron chi connectivity index (χ1n) is 6.81. The lowest BCUT2D eigenvalue weighted by molar-refractivity contribution is -0.116. The van der Waals surface area contributed by atoms with E-state index in [1.165, 1.54) is 0 Å². The maximum atomic E-state index is 11.7. The van der Waals surface area contributed by atoms with E-state index in [4.69, 9.17) is 15.7 Å². The van der Waals surface area contributed by atoms with Gasteiger partial charge in [-0.3, -0.25) is 4.79 Å². The number of hydrogen-bond acceptors (Lipinski definition) is 4. The Labute approximate surface area is 119 Å². The highest BCUT2D eigenvalue weighted by atomic mass is 16.5. The molecule has 0 spiro atoms. The number of benzene rings is 1. The summed E-state index contributed by atoms with van der Waals surface area (Å²) in [6.07, 6.45) is 2.25. The lowest BCUT2D eigenvalue weighted by atomic mass is 10.1. The summed E-state index contributed by atoms with van der Waals surface area (Å²) < 4.78 is 5.51. The number of carbonyl (C=O) groups excluding carboxylic acids is 1. The van der Waals surface area contributed by atoms with Crippen molar-refractivity contribution >= 4 is 11.6 Å². The molecule has 1 rings (SSSR count). The quantitative estimate of drug-likeness (QED) is 0.713. The molecule has 0 heterocycles. The standard InChI is InChI=1S/C15H21N3O2/c1-2-12(17)10-15(19)18-13-6-5-7-14(11-13)20-9-4-3-8-16/h5-7,11-12H,2-4,9-10,17H2,1H3,(H,18,19). The summed E-state index contributed by atoms with van der Waals surface area (Å²) in [6.45, 7) is 2.44. The van der Waals surface area contributed by atoms with Crippen molar-refractivity contribution in [3.8, 4) is 11.8 Å². The number of nitrogens with one attached hydrogen (secondary N) is 1. The van der Waals surface area contributed by atoms with Crippen molar-refractivity contribution < 1.29 is 9.53 Å². The monoisotopic (exact) mass is 275 g/mol. The van der Waals surface area contributed by atoms with E-state index in [1.807, 2.05) is 19.1 Å². The second-order valence-electron chi connectivity index (χ2n) is 4.56. The number of nitrogens with two attached hydrogens (primary N) is 1. The fraction of sp³-hybridized carbons (Fsp3) is 0.467. The van der Waals surface area contributed by atoms with Crippen molar-refractivity contribution in [1.82, 2.24) is 0 Å². The van der Waals surface area contributed by atoms with Crippen LogP contribution in [0.4, 0.5) is 5.69 Å². The third kappa shape index (κ3) is 6.21. The average molecular weight is 275 g/mol. The number of unbranched alkanes of at least 4 members (excludes halogenated alkanes) is 1. The highest BCUT2D eigenvalue weighted by Gasteiger charge is 2.08. The second kappa shape index (κ2) is 8.94. The molecule has 1 amide bonds. The van der Waals surface area contributed by atoms with E-state index in [-0.39, 0.29) is 11.9 Å². The van der Waals surface area contributed by atoms with Gasteiger partial charge in [-0.05, 0) is 25.0 Å². The normalized spacial score (nSPS) is 11.4. The summed E-state index contributed by atoms with van der Waals surface area (Å²) in [5.74, 6) is 0.585. The summed E-state index contributed by atoms with van der Waals surface area (Å²) in [6, 6.07) is 9.16. The highest BCUT2D eigenvalue weighted by molar-refractivity contribution is 5.91. The molecule has 0 aliphatic rings. The summed E-state index contributed by atoms with van der Waals surface area (Å²) in [5.41, 5.74) is 6.43. The van der Waals surface area contributed by atoms with Crippen molar-refractivity contribution in [3.63, 3.8) is 0 Å². The number of ether oxygens (including phenoxy) is 1. The maximum absolute atomic E-state index is 11.7. The van der Waals surface area contributed by atoms with Crippen molar-refractivity contribution in [1.29, 1.82) is 5.26 Å². The van der Waals surface area contributed by atoms with E-state index in [9.17, 15) is 4.79 Å². The van der Waals surface area contributed by atoms with Crippen LogP contribution < -0.4 is 15.8 Å². The zero-order chi connectivity index (χ0) is 14.8. The number of anilines is 1. The molecule has 3 N–H and O–H groups in total. The molecular formula is C15H21N3O2. The summed E-state index contributed by atoms with van der Waals surface area (Å²) in [7, 11) is 0. The van der Waals surface area contributed by atoms with Crippen LogP contribution in [0.3, 0.4) is 0 Å². The Bertz CT molecular complexity index is 468. The first-order valence-corrected chi connectivity index (χ1v) is 6.81. The van der Waals surface area contributed by atoms with E-state index in [2.05, 4.69) is 11.4 Å². The van der Waals surface area contributed by atoms with Crippen LogP contribution >= 0.6 is 0 Å². The molecule has 0 bridgehead atoms. The molecule has 5 nitrogen and oxygen atoms in total. The molecule has 1 atom stereocenters. The summed E-state index contributed by atoms with van der Waals surface area (Å²) in [4.78, 5) is 11.7. The number of amides is 1. The van der Waals surface area contributed by atoms with Gasteiger partial charge in [0.2, 0.25) is 5.91 Å². The fourth-order valence-electron chi connectivity index (χ4n) is 1.60. The molecule has 0 aliphatic heterocycles. The Morgan fingerprint density at radius 3 is 3.05 bits per heavy atom. The van der Waals surface area contributed by atoms with Crippen LogP contribution in [0, 0.1) is 11.3 Å². The lowest BCUT2D eigenvalue weighted by Crippen LogP contribution is -2.26. The van der Waals surface area contributed by atoms with E-state index in [0.717, 1.165) is 6.42 Å². The highest BCUT2D eigenvalue weighted by Crippen LogP contribution is 2.18. The van der Waals surface area contributed by atoms with Gasteiger partial charge in [-0.15, -0.1) is 0 Å². The minimum absolute atomic E-state index is 0.0963. The number of carbonyl (C=O) groups is 1. The van der Waals surface area contributed by atoms with Crippen molar-refractivity contribution in [2.24, 2.45) is 5.73 Å². The van der Waals surface area contributed by atoms with Gasteiger partial charge in [-0.25, -0.2) is 0 Å². The minimum Gasteiger partial charge on any atom is -0.493 e. The van der Waals surface area contributed by atoms with Crippen molar-refractivity contribution in [2.75, 3.05) is 11.9 Å². The van der Waals surface area contributed by atoms with Gasteiger partial charge in [0.05, 0.1) is 12.7 Å². The molecule has 0 aliphatic carbocycles. The Morgan fingerprint density at radius 1 is 1.55 bits per heavy atom. The fourth-order valence-corrected chi connectivity index (χ4v) is 1.60. The van der Waals surface area contributed by atoms with E-state index in [1.54, 1.807) is 12.1 Å². The van der Waals surface area contributed by atoms with Gasteiger partial charge in [0.1, 0.15) is 5.75 Å².